The molecule has 3 nitrogen and oxygen atoms in total. The van der Waals surface area contributed by atoms with E-state index in [1.807, 2.05) is 6.92 Å². The van der Waals surface area contributed by atoms with Crippen LogP contribution in [0.25, 0.3) is 0 Å². The van der Waals surface area contributed by atoms with Gasteiger partial charge in [-0.15, -0.1) is 0 Å². The Morgan fingerprint density at radius 1 is 1.26 bits per heavy atom. The van der Waals surface area contributed by atoms with Gasteiger partial charge in [0.05, 0.1) is 5.75 Å². The Morgan fingerprint density at radius 2 is 1.89 bits per heavy atom. The lowest BCUT2D eigenvalue weighted by atomic mass is 10.1. The van der Waals surface area contributed by atoms with Crippen LogP contribution in [0.1, 0.15) is 30.6 Å². The molecule has 1 unspecified atom stereocenters. The molecule has 0 aromatic heterocycles. The zero-order valence-electron chi connectivity index (χ0n) is 10.8. The molecule has 0 radical (unpaired) electrons. The van der Waals surface area contributed by atoms with Gasteiger partial charge in [-0.25, -0.2) is 17.2 Å². The van der Waals surface area contributed by atoms with Crippen LogP contribution in [-0.4, -0.2) is 25.7 Å². The van der Waals surface area contributed by atoms with E-state index in [0.717, 1.165) is 18.2 Å². The molecule has 0 heterocycles. The third-order valence-corrected chi connectivity index (χ3v) is 4.61. The molecule has 1 atom stereocenters. The van der Waals surface area contributed by atoms with E-state index >= 15 is 0 Å². The Bertz CT molecular complexity index is 567. The first-order valence-corrected chi connectivity index (χ1v) is 7.76. The molecule has 0 aliphatic rings. The molecule has 1 aromatic rings. The monoisotopic (exact) mass is 290 g/mol. The van der Waals surface area contributed by atoms with Crippen LogP contribution in [-0.2, 0) is 9.84 Å². The average molecular weight is 290 g/mol. The van der Waals surface area contributed by atoms with Crippen molar-refractivity contribution in [1.82, 2.24) is 0 Å². The number of carbonyl (C=O) groups excluding carboxylic acids is 1. The molecular weight excluding hydrogens is 274 g/mol. The van der Waals surface area contributed by atoms with Gasteiger partial charge < -0.3 is 0 Å². The Kier molecular flexibility index (Phi) is 5.17. The molecule has 1 rings (SSSR count). The molecular formula is C13H16F2O3S. The topological polar surface area (TPSA) is 51.2 Å². The summed E-state index contributed by atoms with van der Waals surface area (Å²) >= 11 is 0. The van der Waals surface area contributed by atoms with Crippen molar-refractivity contribution >= 4 is 15.6 Å². The predicted octanol–water partition coefficient (Wildman–Crippen LogP) is 2.61. The van der Waals surface area contributed by atoms with Crippen LogP contribution in [0.2, 0.25) is 0 Å². The second kappa shape index (κ2) is 6.23. The smallest absolute Gasteiger partial charge is 0.177 e. The van der Waals surface area contributed by atoms with E-state index in [-0.39, 0.29) is 17.2 Å². The minimum Gasteiger partial charge on any atom is -0.293 e. The van der Waals surface area contributed by atoms with E-state index in [1.165, 1.54) is 0 Å². The summed E-state index contributed by atoms with van der Waals surface area (Å²) in [6, 6.07) is 2.61. The first kappa shape index (κ1) is 15.8. The van der Waals surface area contributed by atoms with Crippen LogP contribution in [0.3, 0.4) is 0 Å². The SMILES string of the molecule is CCC(C)CS(=O)(=O)CC(=O)c1ccc(F)c(F)c1. The number of benzene rings is 1. The minimum atomic E-state index is -3.53. The maximum atomic E-state index is 13.0. The highest BCUT2D eigenvalue weighted by Crippen LogP contribution is 2.12. The molecule has 0 saturated carbocycles. The lowest BCUT2D eigenvalue weighted by Crippen LogP contribution is -2.22. The number of ketones is 1. The Labute approximate surface area is 111 Å². The maximum Gasteiger partial charge on any atom is 0.177 e. The summed E-state index contributed by atoms with van der Waals surface area (Å²) in [5, 5.41) is 0. The summed E-state index contributed by atoms with van der Waals surface area (Å²) in [4.78, 5) is 11.7. The molecule has 0 spiro atoms. The highest BCUT2D eigenvalue weighted by molar-refractivity contribution is 7.92. The number of rotatable bonds is 6. The first-order valence-electron chi connectivity index (χ1n) is 5.94. The minimum absolute atomic E-state index is 0.0391. The van der Waals surface area contributed by atoms with Crippen molar-refractivity contribution in [2.75, 3.05) is 11.5 Å². The number of carbonyl (C=O) groups is 1. The molecule has 0 bridgehead atoms. The standard InChI is InChI=1S/C13H16F2O3S/c1-3-9(2)7-19(17,18)8-13(16)10-4-5-11(14)12(15)6-10/h4-6,9H,3,7-8H2,1-2H3. The van der Waals surface area contributed by atoms with Gasteiger partial charge in [-0.1, -0.05) is 20.3 Å². The van der Waals surface area contributed by atoms with Crippen LogP contribution >= 0.6 is 0 Å². The fourth-order valence-electron chi connectivity index (χ4n) is 1.56. The van der Waals surface area contributed by atoms with Gasteiger partial charge in [0.1, 0.15) is 5.75 Å². The van der Waals surface area contributed by atoms with Gasteiger partial charge in [-0.2, -0.15) is 0 Å². The van der Waals surface area contributed by atoms with Crippen molar-refractivity contribution in [3.8, 4) is 0 Å². The van der Waals surface area contributed by atoms with E-state index in [9.17, 15) is 22.0 Å². The van der Waals surface area contributed by atoms with Crippen molar-refractivity contribution < 1.29 is 22.0 Å². The first-order chi connectivity index (χ1) is 8.75. The van der Waals surface area contributed by atoms with Crippen LogP contribution in [0.15, 0.2) is 18.2 Å². The summed E-state index contributed by atoms with van der Waals surface area (Å²) < 4.78 is 49.2. The van der Waals surface area contributed by atoms with Gasteiger partial charge in [0.25, 0.3) is 0 Å². The Hall–Kier alpha value is -1.30. The van der Waals surface area contributed by atoms with Crippen molar-refractivity contribution in [2.24, 2.45) is 5.92 Å². The van der Waals surface area contributed by atoms with E-state index in [2.05, 4.69) is 0 Å². The fourth-order valence-corrected chi connectivity index (χ4v) is 3.35. The van der Waals surface area contributed by atoms with Crippen molar-refractivity contribution in [3.05, 3.63) is 35.4 Å². The van der Waals surface area contributed by atoms with E-state index in [1.54, 1.807) is 6.92 Å². The van der Waals surface area contributed by atoms with Gasteiger partial charge in [0.15, 0.2) is 27.3 Å². The van der Waals surface area contributed by atoms with Gasteiger partial charge in [0.2, 0.25) is 0 Å². The lowest BCUT2D eigenvalue weighted by molar-refractivity contribution is 0.102. The summed E-state index contributed by atoms with van der Waals surface area (Å²) in [6.45, 7) is 3.64. The highest BCUT2D eigenvalue weighted by Gasteiger charge is 2.21. The maximum absolute atomic E-state index is 13.0. The molecule has 106 valence electrons. The van der Waals surface area contributed by atoms with E-state index in [4.69, 9.17) is 0 Å². The lowest BCUT2D eigenvalue weighted by Gasteiger charge is -2.09. The number of halogens is 2. The molecule has 0 amide bonds. The third-order valence-electron chi connectivity index (χ3n) is 2.83. The van der Waals surface area contributed by atoms with E-state index < -0.39 is 33.0 Å². The summed E-state index contributed by atoms with van der Waals surface area (Å²) in [5.74, 6) is -3.75. The zero-order chi connectivity index (χ0) is 14.6. The normalized spacial score (nSPS) is 13.3. The van der Waals surface area contributed by atoms with Crippen LogP contribution in [0, 0.1) is 17.6 Å². The largest absolute Gasteiger partial charge is 0.293 e. The quantitative estimate of drug-likeness (QED) is 0.757. The van der Waals surface area contributed by atoms with Crippen LogP contribution in [0.5, 0.6) is 0 Å². The fraction of sp³-hybridized carbons (Fsp3) is 0.462. The number of sulfone groups is 1. The van der Waals surface area contributed by atoms with Gasteiger partial charge in [0, 0.05) is 5.56 Å². The molecule has 0 saturated heterocycles. The van der Waals surface area contributed by atoms with Gasteiger partial charge in [-0.05, 0) is 24.1 Å². The molecule has 0 aliphatic carbocycles. The molecule has 0 aliphatic heterocycles. The average Bonchev–Trinajstić information content (AvgIpc) is 2.31. The molecule has 1 aromatic carbocycles. The predicted molar refractivity (Wildman–Crippen MR) is 68.8 cm³/mol. The molecule has 19 heavy (non-hydrogen) atoms. The van der Waals surface area contributed by atoms with Crippen LogP contribution < -0.4 is 0 Å². The van der Waals surface area contributed by atoms with E-state index in [0.29, 0.717) is 6.42 Å². The number of Topliss-reactive ketones (excluding diaryl/α,β-unsaturated/α-hetero) is 1. The van der Waals surface area contributed by atoms with Crippen molar-refractivity contribution in [3.63, 3.8) is 0 Å². The number of hydrogen-bond donors (Lipinski definition) is 0. The summed E-state index contributed by atoms with van der Waals surface area (Å²) in [7, 11) is -3.53. The zero-order valence-corrected chi connectivity index (χ0v) is 11.6. The molecule has 0 fully saturated rings. The van der Waals surface area contributed by atoms with Crippen LogP contribution in [0.4, 0.5) is 8.78 Å². The summed E-state index contributed by atoms with van der Waals surface area (Å²) in [5.41, 5.74) is -0.133. The molecule has 0 N–H and O–H groups in total. The van der Waals surface area contributed by atoms with Gasteiger partial charge >= 0.3 is 0 Å². The van der Waals surface area contributed by atoms with Crippen molar-refractivity contribution in [2.45, 2.75) is 20.3 Å². The third kappa shape index (κ3) is 4.70. The molecule has 6 heteroatoms. The summed E-state index contributed by atoms with van der Waals surface area (Å²) in [6.07, 6.45) is 0.693. The Morgan fingerprint density at radius 3 is 2.42 bits per heavy atom. The Balaban J connectivity index is 2.82. The second-order valence-electron chi connectivity index (χ2n) is 4.62. The van der Waals surface area contributed by atoms with Gasteiger partial charge in [-0.3, -0.25) is 4.79 Å². The number of hydrogen-bond acceptors (Lipinski definition) is 3. The second-order valence-corrected chi connectivity index (χ2v) is 6.73. The van der Waals surface area contributed by atoms with Crippen molar-refractivity contribution in [1.29, 1.82) is 0 Å². The highest BCUT2D eigenvalue weighted by atomic mass is 32.2.